The minimum atomic E-state index is -0.249. The van der Waals surface area contributed by atoms with Crippen molar-refractivity contribution in [2.75, 3.05) is 12.3 Å². The van der Waals surface area contributed by atoms with E-state index < -0.39 is 0 Å². The molecule has 0 aliphatic carbocycles. The van der Waals surface area contributed by atoms with Crippen LogP contribution in [-0.4, -0.2) is 27.1 Å². The second kappa shape index (κ2) is 10.5. The number of hydrogen-bond donors (Lipinski definition) is 1. The molecule has 1 N–H and O–H groups in total. The van der Waals surface area contributed by atoms with Crippen LogP contribution in [0.3, 0.4) is 0 Å². The van der Waals surface area contributed by atoms with Crippen LogP contribution in [-0.2, 0) is 0 Å². The van der Waals surface area contributed by atoms with Gasteiger partial charge in [-0.25, -0.2) is 8.78 Å². The van der Waals surface area contributed by atoms with Crippen LogP contribution in [0.5, 0.6) is 0 Å². The number of nitrogens with one attached hydrogen (secondary N) is 1. The van der Waals surface area contributed by atoms with Gasteiger partial charge in [-0.05, 0) is 79.4 Å². The second-order valence-electron chi connectivity index (χ2n) is 7.69. The highest BCUT2D eigenvalue weighted by molar-refractivity contribution is 7.99. The van der Waals surface area contributed by atoms with E-state index in [1.54, 1.807) is 11.8 Å². The van der Waals surface area contributed by atoms with Crippen LogP contribution >= 0.6 is 23.5 Å². The lowest BCUT2D eigenvalue weighted by Crippen LogP contribution is -2.31. The SMILES string of the molecule is CC1NCCC=C1c1nsnc1SCCCC(c1ccc(F)cc1)c1ccc(F)cc1. The van der Waals surface area contributed by atoms with Crippen LogP contribution in [0.15, 0.2) is 59.6 Å². The summed E-state index contributed by atoms with van der Waals surface area (Å²) in [6.07, 6.45) is 5.12. The number of thioether (sulfide) groups is 1. The third-order valence-electron chi connectivity index (χ3n) is 5.58. The summed E-state index contributed by atoms with van der Waals surface area (Å²) < 4.78 is 35.9. The summed E-state index contributed by atoms with van der Waals surface area (Å²) in [5.41, 5.74) is 4.32. The third-order valence-corrected chi connectivity index (χ3v) is 7.27. The van der Waals surface area contributed by atoms with Gasteiger partial charge >= 0.3 is 0 Å². The Labute approximate surface area is 190 Å². The van der Waals surface area contributed by atoms with E-state index >= 15 is 0 Å². The molecular weight excluding hydrogens is 432 g/mol. The van der Waals surface area contributed by atoms with Crippen molar-refractivity contribution in [3.63, 3.8) is 0 Å². The van der Waals surface area contributed by atoms with Crippen LogP contribution in [0.2, 0.25) is 0 Å². The molecule has 0 bridgehead atoms. The normalized spacial score (nSPS) is 16.5. The summed E-state index contributed by atoms with van der Waals surface area (Å²) in [6.45, 7) is 3.16. The smallest absolute Gasteiger partial charge is 0.138 e. The molecule has 3 aromatic rings. The summed E-state index contributed by atoms with van der Waals surface area (Å²) in [5, 5.41) is 4.47. The Morgan fingerprint density at radius 3 is 2.29 bits per heavy atom. The van der Waals surface area contributed by atoms with Crippen molar-refractivity contribution in [2.45, 2.75) is 43.2 Å². The van der Waals surface area contributed by atoms with Crippen molar-refractivity contribution >= 4 is 29.1 Å². The number of benzene rings is 2. The molecule has 0 saturated heterocycles. The van der Waals surface area contributed by atoms with E-state index in [0.717, 1.165) is 53.4 Å². The molecule has 4 rings (SSSR count). The monoisotopic (exact) mass is 457 g/mol. The zero-order valence-corrected chi connectivity index (χ0v) is 19.0. The largest absolute Gasteiger partial charge is 0.310 e. The van der Waals surface area contributed by atoms with Crippen molar-refractivity contribution < 1.29 is 8.78 Å². The molecule has 3 nitrogen and oxygen atoms in total. The maximum absolute atomic E-state index is 13.4. The summed E-state index contributed by atoms with van der Waals surface area (Å²) >= 11 is 3.00. The van der Waals surface area contributed by atoms with Gasteiger partial charge < -0.3 is 5.32 Å². The van der Waals surface area contributed by atoms with E-state index in [-0.39, 0.29) is 17.6 Å². The number of halogens is 2. The number of rotatable bonds is 8. The van der Waals surface area contributed by atoms with Gasteiger partial charge in [-0.15, -0.1) is 11.8 Å². The van der Waals surface area contributed by atoms with Crippen LogP contribution in [0.4, 0.5) is 8.78 Å². The van der Waals surface area contributed by atoms with Gasteiger partial charge in [0.25, 0.3) is 0 Å². The summed E-state index contributed by atoms with van der Waals surface area (Å²) in [6, 6.07) is 13.5. The lowest BCUT2D eigenvalue weighted by Gasteiger charge is -2.21. The van der Waals surface area contributed by atoms with E-state index in [2.05, 4.69) is 27.1 Å². The molecule has 31 heavy (non-hydrogen) atoms. The second-order valence-corrected chi connectivity index (χ2v) is 9.30. The number of hydrogen-bond acceptors (Lipinski definition) is 5. The molecule has 7 heteroatoms. The van der Waals surface area contributed by atoms with Gasteiger partial charge in [-0.1, -0.05) is 30.3 Å². The molecule has 0 amide bonds. The van der Waals surface area contributed by atoms with Gasteiger partial charge in [-0.2, -0.15) is 8.75 Å². The molecule has 1 aromatic heterocycles. The van der Waals surface area contributed by atoms with E-state index in [9.17, 15) is 8.78 Å². The Kier molecular flexibility index (Phi) is 7.48. The van der Waals surface area contributed by atoms with E-state index in [1.165, 1.54) is 41.6 Å². The quantitative estimate of drug-likeness (QED) is 0.319. The fraction of sp³-hybridized carbons (Fsp3) is 0.333. The van der Waals surface area contributed by atoms with Crippen molar-refractivity contribution in [1.29, 1.82) is 0 Å². The van der Waals surface area contributed by atoms with Crippen molar-refractivity contribution in [3.8, 4) is 0 Å². The van der Waals surface area contributed by atoms with Gasteiger partial charge in [0.2, 0.25) is 0 Å². The predicted octanol–water partition coefficient (Wildman–Crippen LogP) is 6.29. The Morgan fingerprint density at radius 2 is 1.68 bits per heavy atom. The summed E-state index contributed by atoms with van der Waals surface area (Å²) in [5.74, 6) is 0.509. The molecule has 1 aliphatic rings. The standard InChI is InChI=1S/C24H25F2N3S2/c1-16-21(4-2-14-27-16)23-24(29-31-28-23)30-15-3-5-22(17-6-10-19(25)11-7-17)18-8-12-20(26)13-9-18/h4,6-13,16,22,27H,2-3,5,14-15H2,1H3. The summed E-state index contributed by atoms with van der Waals surface area (Å²) in [4.78, 5) is 0. The highest BCUT2D eigenvalue weighted by Crippen LogP contribution is 2.33. The van der Waals surface area contributed by atoms with Gasteiger partial charge in [0, 0.05) is 12.0 Å². The van der Waals surface area contributed by atoms with E-state index in [1.807, 2.05) is 24.3 Å². The average molecular weight is 458 g/mol. The third kappa shape index (κ3) is 5.59. The minimum Gasteiger partial charge on any atom is -0.310 e. The topological polar surface area (TPSA) is 37.8 Å². The predicted molar refractivity (Wildman–Crippen MR) is 125 cm³/mol. The molecular formula is C24H25F2N3S2. The van der Waals surface area contributed by atoms with Crippen molar-refractivity contribution in [1.82, 2.24) is 14.1 Å². The molecule has 0 spiro atoms. The molecule has 1 aliphatic heterocycles. The van der Waals surface area contributed by atoms with Gasteiger partial charge in [0.05, 0.1) is 11.7 Å². The molecule has 1 atom stereocenters. The van der Waals surface area contributed by atoms with E-state index in [4.69, 9.17) is 0 Å². The molecule has 0 radical (unpaired) electrons. The van der Waals surface area contributed by atoms with Crippen molar-refractivity contribution in [3.05, 3.63) is 83.1 Å². The number of aromatic nitrogens is 2. The highest BCUT2D eigenvalue weighted by Gasteiger charge is 2.21. The maximum Gasteiger partial charge on any atom is 0.138 e. The first-order valence-electron chi connectivity index (χ1n) is 10.5. The highest BCUT2D eigenvalue weighted by atomic mass is 32.2. The molecule has 0 saturated carbocycles. The van der Waals surface area contributed by atoms with Crippen LogP contribution in [0.25, 0.3) is 5.57 Å². The minimum absolute atomic E-state index is 0.0973. The molecule has 1 unspecified atom stereocenters. The maximum atomic E-state index is 13.4. The Hall–Kier alpha value is -2.09. The van der Waals surface area contributed by atoms with Crippen LogP contribution in [0, 0.1) is 11.6 Å². The van der Waals surface area contributed by atoms with Crippen LogP contribution < -0.4 is 5.32 Å². The van der Waals surface area contributed by atoms with Gasteiger partial charge in [0.1, 0.15) is 22.4 Å². The fourth-order valence-electron chi connectivity index (χ4n) is 3.94. The fourth-order valence-corrected chi connectivity index (χ4v) is 5.59. The lowest BCUT2D eigenvalue weighted by molar-refractivity contribution is 0.621. The first-order valence-corrected chi connectivity index (χ1v) is 12.2. The number of nitrogens with zero attached hydrogens (tertiary/aromatic N) is 2. The Bertz CT molecular complexity index is 971. The zero-order chi connectivity index (χ0) is 21.6. The molecule has 2 heterocycles. The lowest BCUT2D eigenvalue weighted by atomic mass is 9.88. The first kappa shape index (κ1) is 22.1. The van der Waals surface area contributed by atoms with Gasteiger partial charge in [0.15, 0.2) is 0 Å². The van der Waals surface area contributed by atoms with Crippen molar-refractivity contribution in [2.24, 2.45) is 0 Å². The summed E-state index contributed by atoms with van der Waals surface area (Å²) in [7, 11) is 0. The Balaban J connectivity index is 1.42. The molecule has 2 aromatic carbocycles. The first-order chi connectivity index (χ1) is 15.1. The average Bonchev–Trinajstić information content (AvgIpc) is 3.24. The molecule has 162 valence electrons. The van der Waals surface area contributed by atoms with E-state index in [0.29, 0.717) is 6.04 Å². The van der Waals surface area contributed by atoms with Gasteiger partial charge in [-0.3, -0.25) is 0 Å². The van der Waals surface area contributed by atoms with Crippen LogP contribution in [0.1, 0.15) is 48.9 Å². The zero-order valence-electron chi connectivity index (χ0n) is 17.4. The Morgan fingerprint density at radius 1 is 1.03 bits per heavy atom. The molecule has 0 fully saturated rings.